The Kier molecular flexibility index (Phi) is 5.63. The van der Waals surface area contributed by atoms with Gasteiger partial charge >= 0.3 is 0 Å². The van der Waals surface area contributed by atoms with Gasteiger partial charge in [-0.05, 0) is 50.6 Å². The number of halogens is 1. The molecule has 0 saturated heterocycles. The largest absolute Gasteiger partial charge is 0.483 e. The van der Waals surface area contributed by atoms with Crippen LogP contribution in [0.3, 0.4) is 0 Å². The third kappa shape index (κ3) is 3.92. The molecule has 4 rings (SSSR count). The fraction of sp³-hybridized carbons (Fsp3) is 0.174. The molecule has 0 radical (unpaired) electrons. The summed E-state index contributed by atoms with van der Waals surface area (Å²) < 4.78 is 12.2. The molecule has 1 amide bonds. The Hall–Kier alpha value is -3.78. The lowest BCUT2D eigenvalue weighted by Crippen LogP contribution is -2.17. The lowest BCUT2D eigenvalue weighted by molar-refractivity contribution is 0.0988. The summed E-state index contributed by atoms with van der Waals surface area (Å²) in [6.45, 7) is 5.34. The average molecular weight is 451 g/mol. The van der Waals surface area contributed by atoms with E-state index in [2.05, 4.69) is 15.0 Å². The molecule has 3 heterocycles. The van der Waals surface area contributed by atoms with E-state index < -0.39 is 12.0 Å². The predicted molar refractivity (Wildman–Crippen MR) is 120 cm³/mol. The molecule has 1 aromatic carbocycles. The van der Waals surface area contributed by atoms with Gasteiger partial charge in [-0.2, -0.15) is 0 Å². The minimum atomic E-state index is -0.768. The van der Waals surface area contributed by atoms with Gasteiger partial charge in [0.2, 0.25) is 0 Å². The molecule has 0 spiro atoms. The van der Waals surface area contributed by atoms with E-state index in [0.29, 0.717) is 33.6 Å². The molecule has 0 saturated carbocycles. The number of aryl methyl sites for hydroxylation is 1. The number of amides is 1. The summed E-state index contributed by atoms with van der Waals surface area (Å²) >= 11 is 5.89. The number of fused-ring (bicyclic) bond motifs is 1. The fourth-order valence-corrected chi connectivity index (χ4v) is 3.63. The lowest BCUT2D eigenvalue weighted by Gasteiger charge is -2.19. The van der Waals surface area contributed by atoms with E-state index in [4.69, 9.17) is 26.5 Å². The van der Waals surface area contributed by atoms with Gasteiger partial charge in [0, 0.05) is 23.5 Å². The lowest BCUT2D eigenvalue weighted by atomic mass is 10.0. The van der Waals surface area contributed by atoms with Gasteiger partial charge in [0.25, 0.3) is 5.91 Å². The molecule has 3 aromatic heterocycles. The van der Waals surface area contributed by atoms with E-state index in [0.717, 1.165) is 5.56 Å². The van der Waals surface area contributed by atoms with Crippen LogP contribution < -0.4 is 15.9 Å². The summed E-state index contributed by atoms with van der Waals surface area (Å²) in [7, 11) is 0. The molecule has 2 N–H and O–H groups in total. The maximum absolute atomic E-state index is 13.2. The number of nitrogens with two attached hydrogens (primary N) is 1. The van der Waals surface area contributed by atoms with Gasteiger partial charge in [-0.25, -0.2) is 9.97 Å². The number of primary amides is 1. The molecule has 9 heteroatoms. The maximum atomic E-state index is 13.2. The van der Waals surface area contributed by atoms with Crippen LogP contribution >= 0.6 is 11.6 Å². The van der Waals surface area contributed by atoms with Gasteiger partial charge in [0.1, 0.15) is 22.5 Å². The Morgan fingerprint density at radius 3 is 2.69 bits per heavy atom. The molecule has 162 valence electrons. The van der Waals surface area contributed by atoms with Crippen LogP contribution in [-0.4, -0.2) is 20.9 Å². The van der Waals surface area contributed by atoms with Crippen LogP contribution in [0.4, 0.5) is 0 Å². The van der Waals surface area contributed by atoms with Crippen LogP contribution in [0.1, 0.15) is 40.2 Å². The molecular formula is C23H19ClN4O4. The highest BCUT2D eigenvalue weighted by molar-refractivity contribution is 6.29. The predicted octanol–water partition coefficient (Wildman–Crippen LogP) is 4.15. The SMILES string of the molecule is Cc1cc([C@@H](C)Oc2ccc(Cl)nc2C(N)=O)c2oc(-c3cnccn3)c(C)c(=O)c2c1. The van der Waals surface area contributed by atoms with Crippen molar-refractivity contribution in [1.82, 2.24) is 15.0 Å². The number of rotatable bonds is 5. The Labute approximate surface area is 188 Å². The van der Waals surface area contributed by atoms with E-state index in [1.807, 2.05) is 13.0 Å². The summed E-state index contributed by atoms with van der Waals surface area (Å²) in [4.78, 5) is 37.2. The average Bonchev–Trinajstić information content (AvgIpc) is 2.77. The maximum Gasteiger partial charge on any atom is 0.271 e. The number of hydrogen-bond acceptors (Lipinski definition) is 7. The highest BCUT2D eigenvalue weighted by atomic mass is 35.5. The van der Waals surface area contributed by atoms with Gasteiger partial charge in [-0.1, -0.05) is 11.6 Å². The summed E-state index contributed by atoms with van der Waals surface area (Å²) in [6, 6.07) is 6.65. The van der Waals surface area contributed by atoms with Crippen molar-refractivity contribution < 1.29 is 13.9 Å². The molecule has 0 fully saturated rings. The Balaban J connectivity index is 1.88. The summed E-state index contributed by atoms with van der Waals surface area (Å²) in [5.41, 5.74) is 7.88. The monoisotopic (exact) mass is 450 g/mol. The molecule has 0 aliphatic rings. The smallest absolute Gasteiger partial charge is 0.271 e. The Morgan fingerprint density at radius 2 is 2.00 bits per heavy atom. The molecule has 0 aliphatic carbocycles. The van der Waals surface area contributed by atoms with Crippen LogP contribution in [0.25, 0.3) is 22.4 Å². The second kappa shape index (κ2) is 8.39. The van der Waals surface area contributed by atoms with E-state index in [1.165, 1.54) is 24.5 Å². The van der Waals surface area contributed by atoms with Crippen LogP contribution in [0.2, 0.25) is 5.15 Å². The summed E-state index contributed by atoms with van der Waals surface area (Å²) in [5, 5.41) is 0.542. The zero-order valence-electron chi connectivity index (χ0n) is 17.5. The normalized spacial score (nSPS) is 12.0. The van der Waals surface area contributed by atoms with E-state index in [9.17, 15) is 9.59 Å². The highest BCUT2D eigenvalue weighted by Crippen LogP contribution is 2.33. The minimum absolute atomic E-state index is 0.0844. The standard InChI is InChI=1S/C23H19ClN4O4/c1-11-8-14(13(3)31-17-4-5-18(24)28-19(17)23(25)30)22-15(9-11)20(29)12(2)21(32-22)16-10-26-6-7-27-16/h4-10,13H,1-3H3,(H2,25,30)/t13-/m1/s1. The van der Waals surface area contributed by atoms with Gasteiger partial charge < -0.3 is 14.9 Å². The van der Waals surface area contributed by atoms with Gasteiger partial charge in [-0.15, -0.1) is 0 Å². The molecule has 0 unspecified atom stereocenters. The third-order valence-corrected chi connectivity index (χ3v) is 5.20. The van der Waals surface area contributed by atoms with Crippen LogP contribution in [-0.2, 0) is 0 Å². The Bertz CT molecular complexity index is 1400. The summed E-state index contributed by atoms with van der Waals surface area (Å²) in [6.07, 6.45) is 3.99. The minimum Gasteiger partial charge on any atom is -0.483 e. The first-order valence-corrected chi connectivity index (χ1v) is 10.1. The quantitative estimate of drug-likeness (QED) is 0.453. The van der Waals surface area contributed by atoms with Crippen molar-refractivity contribution in [2.75, 3.05) is 0 Å². The zero-order chi connectivity index (χ0) is 23.0. The number of hydrogen-bond donors (Lipinski definition) is 1. The zero-order valence-corrected chi connectivity index (χ0v) is 18.3. The number of carbonyl (C=O) groups excluding carboxylic acids is 1. The first-order chi connectivity index (χ1) is 15.3. The fourth-order valence-electron chi connectivity index (χ4n) is 3.48. The number of ether oxygens (including phenoxy) is 1. The van der Waals surface area contributed by atoms with Crippen LogP contribution in [0.15, 0.2) is 52.1 Å². The highest BCUT2D eigenvalue weighted by Gasteiger charge is 2.22. The van der Waals surface area contributed by atoms with Gasteiger partial charge in [-0.3, -0.25) is 14.6 Å². The first-order valence-electron chi connectivity index (χ1n) is 9.73. The van der Waals surface area contributed by atoms with Crippen LogP contribution in [0, 0.1) is 13.8 Å². The summed E-state index contributed by atoms with van der Waals surface area (Å²) in [5.74, 6) is -0.262. The second-order valence-corrected chi connectivity index (χ2v) is 7.70. The van der Waals surface area contributed by atoms with Crippen molar-refractivity contribution in [3.8, 4) is 17.2 Å². The molecule has 32 heavy (non-hydrogen) atoms. The molecule has 8 nitrogen and oxygen atoms in total. The molecular weight excluding hydrogens is 432 g/mol. The third-order valence-electron chi connectivity index (χ3n) is 4.99. The van der Waals surface area contributed by atoms with Crippen molar-refractivity contribution in [2.45, 2.75) is 26.9 Å². The van der Waals surface area contributed by atoms with Gasteiger partial charge in [0.05, 0.1) is 11.6 Å². The number of pyridine rings is 1. The topological polar surface area (TPSA) is 121 Å². The van der Waals surface area contributed by atoms with Crippen LogP contribution in [0.5, 0.6) is 5.75 Å². The molecule has 4 aromatic rings. The van der Waals surface area contributed by atoms with Crippen molar-refractivity contribution in [2.24, 2.45) is 5.73 Å². The number of nitrogens with zero attached hydrogens (tertiary/aromatic N) is 3. The Morgan fingerprint density at radius 1 is 1.22 bits per heavy atom. The van der Waals surface area contributed by atoms with Crippen molar-refractivity contribution >= 4 is 28.5 Å². The molecule has 1 atom stereocenters. The number of aromatic nitrogens is 3. The van der Waals surface area contributed by atoms with E-state index in [-0.39, 0.29) is 22.0 Å². The molecule has 0 aliphatic heterocycles. The van der Waals surface area contributed by atoms with Gasteiger partial charge in [0.15, 0.2) is 22.6 Å². The number of benzene rings is 1. The van der Waals surface area contributed by atoms with E-state index in [1.54, 1.807) is 26.1 Å². The van der Waals surface area contributed by atoms with Crippen molar-refractivity contribution in [3.05, 3.63) is 80.6 Å². The number of carbonyl (C=O) groups is 1. The van der Waals surface area contributed by atoms with Crippen molar-refractivity contribution in [1.29, 1.82) is 0 Å². The van der Waals surface area contributed by atoms with E-state index >= 15 is 0 Å². The second-order valence-electron chi connectivity index (χ2n) is 7.31. The molecule has 0 bridgehead atoms. The first kappa shape index (κ1) is 21.5. The van der Waals surface area contributed by atoms with Crippen molar-refractivity contribution in [3.63, 3.8) is 0 Å².